The number of likely N-dealkylation sites (tertiary alicyclic amines) is 1. The number of nitrogens with one attached hydrogen (secondary N) is 1. The first kappa shape index (κ1) is 19.8. The molecular weight excluding hydrogens is 348 g/mol. The summed E-state index contributed by atoms with van der Waals surface area (Å²) < 4.78 is 10.3. The molecule has 1 aliphatic heterocycles. The van der Waals surface area contributed by atoms with Crippen LogP contribution >= 0.6 is 0 Å². The minimum atomic E-state index is -0.253. The Bertz CT molecular complexity index is 641. The number of hydrogen-bond donors (Lipinski definition) is 1. The molecule has 2 aliphatic rings. The number of piperidine rings is 1. The van der Waals surface area contributed by atoms with E-state index in [0.29, 0.717) is 43.6 Å². The average Bonchev–Trinajstić information content (AvgIpc) is 3.09. The van der Waals surface area contributed by atoms with Gasteiger partial charge in [-0.1, -0.05) is 24.4 Å². The SMILES string of the molecule is COCC(=O)N[C@@H]1CN(C(=O)CC2CCCCC2)CC[C@@H]1c1nc(C)no1. The Morgan fingerprint density at radius 3 is 2.70 bits per heavy atom. The van der Waals surface area contributed by atoms with E-state index in [1.807, 2.05) is 4.90 Å². The number of methoxy groups -OCH3 is 1. The van der Waals surface area contributed by atoms with Crippen molar-refractivity contribution in [1.82, 2.24) is 20.4 Å². The average molecular weight is 378 g/mol. The summed E-state index contributed by atoms with van der Waals surface area (Å²) in [6.07, 6.45) is 7.35. The molecule has 2 atom stereocenters. The molecule has 1 aromatic rings. The van der Waals surface area contributed by atoms with Crippen molar-refractivity contribution in [2.45, 2.75) is 63.8 Å². The lowest BCUT2D eigenvalue weighted by atomic mass is 9.86. The van der Waals surface area contributed by atoms with E-state index in [2.05, 4.69) is 15.5 Å². The first-order chi connectivity index (χ1) is 13.1. The van der Waals surface area contributed by atoms with Crippen LogP contribution in [0.25, 0.3) is 0 Å². The van der Waals surface area contributed by atoms with E-state index in [-0.39, 0.29) is 30.4 Å². The Morgan fingerprint density at radius 2 is 2.04 bits per heavy atom. The molecule has 0 unspecified atom stereocenters. The molecule has 2 amide bonds. The first-order valence-electron chi connectivity index (χ1n) is 9.93. The van der Waals surface area contributed by atoms with E-state index in [9.17, 15) is 9.59 Å². The smallest absolute Gasteiger partial charge is 0.246 e. The summed E-state index contributed by atoms with van der Waals surface area (Å²) >= 11 is 0. The largest absolute Gasteiger partial charge is 0.375 e. The molecule has 0 bridgehead atoms. The number of rotatable bonds is 6. The molecule has 0 radical (unpaired) electrons. The van der Waals surface area contributed by atoms with Gasteiger partial charge in [0.05, 0.1) is 12.0 Å². The van der Waals surface area contributed by atoms with E-state index in [1.165, 1.54) is 26.4 Å². The number of aromatic nitrogens is 2. The zero-order chi connectivity index (χ0) is 19.2. The number of ether oxygens (including phenoxy) is 1. The quantitative estimate of drug-likeness (QED) is 0.811. The summed E-state index contributed by atoms with van der Waals surface area (Å²) in [5, 5.41) is 6.85. The van der Waals surface area contributed by atoms with Crippen molar-refractivity contribution < 1.29 is 18.8 Å². The van der Waals surface area contributed by atoms with Gasteiger partial charge in [-0.25, -0.2) is 0 Å². The molecule has 1 aliphatic carbocycles. The van der Waals surface area contributed by atoms with Crippen molar-refractivity contribution in [2.24, 2.45) is 5.92 Å². The molecular formula is C19H30N4O4. The number of carbonyl (C=O) groups is 2. The summed E-state index contributed by atoms with van der Waals surface area (Å²) in [5.74, 6) is 1.49. The van der Waals surface area contributed by atoms with Gasteiger partial charge in [0.15, 0.2) is 5.82 Å². The van der Waals surface area contributed by atoms with Crippen LogP contribution in [0.1, 0.15) is 62.6 Å². The minimum Gasteiger partial charge on any atom is -0.375 e. The third-order valence-corrected chi connectivity index (χ3v) is 5.64. The second-order valence-corrected chi connectivity index (χ2v) is 7.73. The van der Waals surface area contributed by atoms with E-state index in [4.69, 9.17) is 9.26 Å². The second kappa shape index (κ2) is 9.30. The molecule has 27 heavy (non-hydrogen) atoms. The highest BCUT2D eigenvalue weighted by Gasteiger charge is 2.37. The lowest BCUT2D eigenvalue weighted by Crippen LogP contribution is -2.54. The molecule has 150 valence electrons. The molecule has 1 saturated heterocycles. The van der Waals surface area contributed by atoms with E-state index in [1.54, 1.807) is 6.92 Å². The van der Waals surface area contributed by atoms with Crippen LogP contribution in [0, 0.1) is 12.8 Å². The fourth-order valence-corrected chi connectivity index (χ4v) is 4.23. The highest BCUT2D eigenvalue weighted by molar-refractivity contribution is 5.78. The van der Waals surface area contributed by atoms with Crippen LogP contribution in [0.3, 0.4) is 0 Å². The van der Waals surface area contributed by atoms with Crippen molar-refractivity contribution in [3.05, 3.63) is 11.7 Å². The predicted molar refractivity (Wildman–Crippen MR) is 98.0 cm³/mol. The van der Waals surface area contributed by atoms with Crippen molar-refractivity contribution in [3.63, 3.8) is 0 Å². The zero-order valence-electron chi connectivity index (χ0n) is 16.3. The van der Waals surface area contributed by atoms with Gasteiger partial charge in [0.1, 0.15) is 6.61 Å². The topological polar surface area (TPSA) is 97.6 Å². The highest BCUT2D eigenvalue weighted by Crippen LogP contribution is 2.30. The summed E-state index contributed by atoms with van der Waals surface area (Å²) in [6.45, 7) is 2.87. The molecule has 0 spiro atoms. The first-order valence-corrected chi connectivity index (χ1v) is 9.93. The van der Waals surface area contributed by atoms with Crippen LogP contribution in [0.2, 0.25) is 0 Å². The number of aryl methyl sites for hydroxylation is 1. The summed E-state index contributed by atoms with van der Waals surface area (Å²) in [4.78, 5) is 31.1. The molecule has 1 N–H and O–H groups in total. The van der Waals surface area contributed by atoms with Crippen LogP contribution in [-0.4, -0.2) is 59.7 Å². The molecule has 2 heterocycles. The Labute approximate surface area is 160 Å². The van der Waals surface area contributed by atoms with Crippen LogP contribution in [-0.2, 0) is 14.3 Å². The van der Waals surface area contributed by atoms with Crippen molar-refractivity contribution >= 4 is 11.8 Å². The van der Waals surface area contributed by atoms with Gasteiger partial charge < -0.3 is 19.5 Å². The van der Waals surface area contributed by atoms with E-state index >= 15 is 0 Å². The third-order valence-electron chi connectivity index (χ3n) is 5.64. The van der Waals surface area contributed by atoms with Gasteiger partial charge >= 0.3 is 0 Å². The standard InChI is InChI=1S/C19H30N4O4/c1-13-20-19(27-22-13)15-8-9-23(11-16(15)21-17(24)12-26-2)18(25)10-14-6-4-3-5-7-14/h14-16H,3-12H2,1-2H3,(H,21,24)/t15-,16+/m0/s1. The molecule has 3 rings (SSSR count). The van der Waals surface area contributed by atoms with Gasteiger partial charge in [0.2, 0.25) is 17.7 Å². The van der Waals surface area contributed by atoms with Gasteiger partial charge in [-0.3, -0.25) is 9.59 Å². The summed E-state index contributed by atoms with van der Waals surface area (Å²) in [7, 11) is 1.49. The lowest BCUT2D eigenvalue weighted by Gasteiger charge is -2.38. The monoisotopic (exact) mass is 378 g/mol. The predicted octanol–water partition coefficient (Wildman–Crippen LogP) is 1.80. The van der Waals surface area contributed by atoms with Crippen molar-refractivity contribution in [1.29, 1.82) is 0 Å². The summed E-state index contributed by atoms with van der Waals surface area (Å²) in [6, 6.07) is -0.253. The molecule has 1 aromatic heterocycles. The van der Waals surface area contributed by atoms with Gasteiger partial charge in [0.25, 0.3) is 0 Å². The van der Waals surface area contributed by atoms with Crippen LogP contribution in [0.4, 0.5) is 0 Å². The van der Waals surface area contributed by atoms with Crippen LogP contribution < -0.4 is 5.32 Å². The van der Waals surface area contributed by atoms with Gasteiger partial charge in [-0.15, -0.1) is 0 Å². The molecule has 2 fully saturated rings. The fourth-order valence-electron chi connectivity index (χ4n) is 4.23. The number of amides is 2. The molecule has 0 aromatic carbocycles. The number of nitrogens with zero attached hydrogens (tertiary/aromatic N) is 3. The number of hydrogen-bond acceptors (Lipinski definition) is 6. The van der Waals surface area contributed by atoms with Crippen molar-refractivity contribution in [3.8, 4) is 0 Å². The summed E-state index contributed by atoms with van der Waals surface area (Å²) in [5.41, 5.74) is 0. The maximum atomic E-state index is 12.8. The van der Waals surface area contributed by atoms with E-state index < -0.39 is 0 Å². The Kier molecular flexibility index (Phi) is 6.82. The van der Waals surface area contributed by atoms with E-state index in [0.717, 1.165) is 12.8 Å². The molecule has 8 nitrogen and oxygen atoms in total. The lowest BCUT2D eigenvalue weighted by molar-refractivity contribution is -0.135. The number of carbonyl (C=O) groups excluding carboxylic acids is 2. The van der Waals surface area contributed by atoms with Crippen molar-refractivity contribution in [2.75, 3.05) is 26.8 Å². The fraction of sp³-hybridized carbons (Fsp3) is 0.789. The maximum Gasteiger partial charge on any atom is 0.246 e. The Morgan fingerprint density at radius 1 is 1.26 bits per heavy atom. The van der Waals surface area contributed by atoms with Crippen LogP contribution in [0.5, 0.6) is 0 Å². The third kappa shape index (κ3) is 5.28. The Hall–Kier alpha value is -1.96. The Balaban J connectivity index is 1.65. The maximum absolute atomic E-state index is 12.8. The van der Waals surface area contributed by atoms with Gasteiger partial charge in [-0.2, -0.15) is 4.98 Å². The molecule has 1 saturated carbocycles. The second-order valence-electron chi connectivity index (χ2n) is 7.73. The molecule has 8 heteroatoms. The van der Waals surface area contributed by atoms with Gasteiger partial charge in [-0.05, 0) is 32.1 Å². The van der Waals surface area contributed by atoms with Gasteiger partial charge in [0, 0.05) is 26.6 Å². The van der Waals surface area contributed by atoms with Crippen LogP contribution in [0.15, 0.2) is 4.52 Å². The highest BCUT2D eigenvalue weighted by atomic mass is 16.5. The minimum absolute atomic E-state index is 0.0118. The normalized spacial score (nSPS) is 24.0. The zero-order valence-corrected chi connectivity index (χ0v) is 16.3.